The van der Waals surface area contributed by atoms with Crippen LogP contribution in [0.3, 0.4) is 0 Å². The van der Waals surface area contributed by atoms with Crippen molar-refractivity contribution in [2.45, 2.75) is 19.9 Å². The smallest absolute Gasteiger partial charge is 0.298 e. The molecule has 0 aliphatic carbocycles. The van der Waals surface area contributed by atoms with Crippen molar-refractivity contribution in [1.29, 1.82) is 0 Å². The summed E-state index contributed by atoms with van der Waals surface area (Å²) in [5.74, 6) is 0. The number of thiazole rings is 1. The first-order valence-corrected chi connectivity index (χ1v) is 8.88. The summed E-state index contributed by atoms with van der Waals surface area (Å²) >= 11 is 7.98. The molecule has 7 heteroatoms. The molecule has 3 aromatic rings. The molecular formula is C16H17ClN4OS. The minimum absolute atomic E-state index is 0.344. The van der Waals surface area contributed by atoms with Gasteiger partial charge in [-0.1, -0.05) is 11.6 Å². The normalized spacial score (nSPS) is 18.7. The lowest BCUT2D eigenvalue weighted by molar-refractivity contribution is 0.456. The average Bonchev–Trinajstić information content (AvgIpc) is 3.18. The number of hydrogen-bond acceptors (Lipinski definition) is 6. The number of hydrogen-bond donors (Lipinski definition) is 1. The van der Waals surface area contributed by atoms with Crippen molar-refractivity contribution in [2.75, 3.05) is 24.5 Å². The van der Waals surface area contributed by atoms with Gasteiger partial charge in [-0.3, -0.25) is 0 Å². The first-order valence-electron chi connectivity index (χ1n) is 7.62. The van der Waals surface area contributed by atoms with Gasteiger partial charge in [0.1, 0.15) is 10.5 Å². The molecule has 0 spiro atoms. The van der Waals surface area contributed by atoms with Gasteiger partial charge in [0.15, 0.2) is 5.58 Å². The largest absolute Gasteiger partial charge is 0.423 e. The van der Waals surface area contributed by atoms with Crippen LogP contribution >= 0.6 is 22.9 Å². The standard InChI is InChI=1S/C16H17ClN4OS/c1-9-8-18-3-5-21(9)16-20-12-7-11(17)10(2)13(14(12)22-16)15-19-4-6-23-15/h4,6-7,9,18H,3,5,8H2,1-2H3/t9-/m0/s1. The van der Waals surface area contributed by atoms with Gasteiger partial charge in [-0.25, -0.2) is 4.98 Å². The van der Waals surface area contributed by atoms with E-state index in [1.54, 1.807) is 17.5 Å². The van der Waals surface area contributed by atoms with Crippen LogP contribution in [0.15, 0.2) is 22.1 Å². The summed E-state index contributed by atoms with van der Waals surface area (Å²) in [7, 11) is 0. The Morgan fingerprint density at radius 1 is 1.48 bits per heavy atom. The van der Waals surface area contributed by atoms with Crippen LogP contribution in [0, 0.1) is 6.92 Å². The van der Waals surface area contributed by atoms with Crippen molar-refractivity contribution < 1.29 is 4.42 Å². The molecule has 4 rings (SSSR count). The molecule has 5 nitrogen and oxygen atoms in total. The molecule has 0 amide bonds. The fourth-order valence-corrected chi connectivity index (χ4v) is 3.90. The Morgan fingerprint density at radius 2 is 2.35 bits per heavy atom. The van der Waals surface area contributed by atoms with Crippen molar-refractivity contribution in [3.63, 3.8) is 0 Å². The van der Waals surface area contributed by atoms with E-state index in [0.29, 0.717) is 17.1 Å². The van der Waals surface area contributed by atoms with Crippen molar-refractivity contribution in [2.24, 2.45) is 0 Å². The molecule has 120 valence electrons. The number of fused-ring (bicyclic) bond motifs is 1. The minimum Gasteiger partial charge on any atom is -0.423 e. The molecule has 2 aromatic heterocycles. The zero-order valence-corrected chi connectivity index (χ0v) is 14.5. The van der Waals surface area contributed by atoms with Gasteiger partial charge in [0.05, 0.1) is 5.56 Å². The van der Waals surface area contributed by atoms with Gasteiger partial charge in [0.2, 0.25) is 0 Å². The number of piperazine rings is 1. The summed E-state index contributed by atoms with van der Waals surface area (Å²) in [6.07, 6.45) is 1.79. The van der Waals surface area contributed by atoms with Gasteiger partial charge in [0, 0.05) is 42.3 Å². The molecule has 1 aliphatic heterocycles. The lowest BCUT2D eigenvalue weighted by Gasteiger charge is -2.32. The van der Waals surface area contributed by atoms with Gasteiger partial charge in [-0.2, -0.15) is 4.98 Å². The van der Waals surface area contributed by atoms with Crippen molar-refractivity contribution in [3.05, 3.63) is 28.2 Å². The third-order valence-electron chi connectivity index (χ3n) is 4.26. The summed E-state index contributed by atoms with van der Waals surface area (Å²) < 4.78 is 6.16. The molecule has 1 fully saturated rings. The monoisotopic (exact) mass is 348 g/mol. The third kappa shape index (κ3) is 2.51. The molecule has 0 unspecified atom stereocenters. The van der Waals surface area contributed by atoms with E-state index in [1.165, 1.54) is 0 Å². The van der Waals surface area contributed by atoms with Crippen LogP contribution in [0.2, 0.25) is 5.02 Å². The highest BCUT2D eigenvalue weighted by atomic mass is 35.5. The van der Waals surface area contributed by atoms with E-state index in [-0.39, 0.29) is 0 Å². The average molecular weight is 349 g/mol. The van der Waals surface area contributed by atoms with E-state index in [1.807, 2.05) is 18.4 Å². The highest BCUT2D eigenvalue weighted by Gasteiger charge is 2.25. The number of nitrogens with one attached hydrogen (secondary N) is 1. The second kappa shape index (κ2) is 5.78. The lowest BCUT2D eigenvalue weighted by atomic mass is 10.1. The van der Waals surface area contributed by atoms with E-state index < -0.39 is 0 Å². The number of oxazole rings is 1. The molecule has 23 heavy (non-hydrogen) atoms. The fraction of sp³-hybridized carbons (Fsp3) is 0.375. The molecule has 1 aliphatic rings. The maximum atomic E-state index is 6.41. The highest BCUT2D eigenvalue weighted by Crippen LogP contribution is 2.39. The Morgan fingerprint density at radius 3 is 3.09 bits per heavy atom. The second-order valence-electron chi connectivity index (χ2n) is 5.79. The summed E-state index contributed by atoms with van der Waals surface area (Å²) in [6.45, 7) is 6.91. The zero-order chi connectivity index (χ0) is 16.0. The maximum Gasteiger partial charge on any atom is 0.298 e. The molecular weight excluding hydrogens is 332 g/mol. The molecule has 1 N–H and O–H groups in total. The van der Waals surface area contributed by atoms with Crippen LogP contribution in [0.1, 0.15) is 12.5 Å². The number of anilines is 1. The Kier molecular flexibility index (Phi) is 3.75. The van der Waals surface area contributed by atoms with Gasteiger partial charge in [0.25, 0.3) is 6.01 Å². The number of benzene rings is 1. The Labute approximate surface area is 143 Å². The first-order chi connectivity index (χ1) is 11.1. The minimum atomic E-state index is 0.344. The highest BCUT2D eigenvalue weighted by molar-refractivity contribution is 7.13. The maximum absolute atomic E-state index is 6.41. The Bertz CT molecular complexity index is 846. The number of rotatable bonds is 2. The van der Waals surface area contributed by atoms with Crippen molar-refractivity contribution >= 4 is 40.1 Å². The van der Waals surface area contributed by atoms with E-state index >= 15 is 0 Å². The van der Waals surface area contributed by atoms with Gasteiger partial charge < -0.3 is 14.6 Å². The third-order valence-corrected chi connectivity index (χ3v) is 5.44. The van der Waals surface area contributed by atoms with Gasteiger partial charge >= 0.3 is 0 Å². The molecule has 1 saturated heterocycles. The molecule has 0 radical (unpaired) electrons. The van der Waals surface area contributed by atoms with Crippen molar-refractivity contribution in [3.8, 4) is 10.6 Å². The van der Waals surface area contributed by atoms with Crippen LogP contribution in [0.5, 0.6) is 0 Å². The molecule has 3 heterocycles. The summed E-state index contributed by atoms with van der Waals surface area (Å²) in [5.41, 5.74) is 3.48. The predicted octanol–water partition coefficient (Wildman–Crippen LogP) is 3.71. The van der Waals surface area contributed by atoms with Crippen molar-refractivity contribution in [1.82, 2.24) is 15.3 Å². The number of nitrogens with zero attached hydrogens (tertiary/aromatic N) is 3. The van der Waals surface area contributed by atoms with E-state index in [4.69, 9.17) is 16.0 Å². The summed E-state index contributed by atoms with van der Waals surface area (Å²) in [4.78, 5) is 11.3. The molecule has 1 atom stereocenters. The van der Waals surface area contributed by atoms with Crippen LogP contribution in [-0.4, -0.2) is 35.6 Å². The molecule has 1 aromatic carbocycles. The van der Waals surface area contributed by atoms with E-state index in [0.717, 1.165) is 46.9 Å². The van der Waals surface area contributed by atoms with E-state index in [9.17, 15) is 0 Å². The van der Waals surface area contributed by atoms with Gasteiger partial charge in [-0.15, -0.1) is 11.3 Å². The van der Waals surface area contributed by atoms with Gasteiger partial charge in [-0.05, 0) is 25.5 Å². The lowest BCUT2D eigenvalue weighted by Crippen LogP contribution is -2.50. The number of halogens is 1. The SMILES string of the molecule is Cc1c(Cl)cc2nc(N3CCNC[C@@H]3C)oc2c1-c1nccs1. The van der Waals surface area contributed by atoms with Crippen LogP contribution in [0.4, 0.5) is 6.01 Å². The van der Waals surface area contributed by atoms with E-state index in [2.05, 4.69) is 27.1 Å². The van der Waals surface area contributed by atoms with Crippen LogP contribution < -0.4 is 10.2 Å². The Hall–Kier alpha value is -1.63. The van der Waals surface area contributed by atoms with Crippen LogP contribution in [0.25, 0.3) is 21.7 Å². The van der Waals surface area contributed by atoms with Crippen LogP contribution in [-0.2, 0) is 0 Å². The quantitative estimate of drug-likeness (QED) is 0.765. The Balaban J connectivity index is 1.90. The summed E-state index contributed by atoms with van der Waals surface area (Å²) in [5, 5.41) is 6.93. The zero-order valence-electron chi connectivity index (χ0n) is 13.0. The summed E-state index contributed by atoms with van der Waals surface area (Å²) in [6, 6.07) is 2.88. The molecule has 0 bridgehead atoms. The fourth-order valence-electron chi connectivity index (χ4n) is 2.97. The molecule has 0 saturated carbocycles. The topological polar surface area (TPSA) is 54.2 Å². The number of aromatic nitrogens is 2. The predicted molar refractivity (Wildman–Crippen MR) is 94.5 cm³/mol. The first kappa shape index (κ1) is 14.9. The second-order valence-corrected chi connectivity index (χ2v) is 7.09.